The summed E-state index contributed by atoms with van der Waals surface area (Å²) in [6.45, 7) is 9.49. The monoisotopic (exact) mass is 291 g/mol. The van der Waals surface area contributed by atoms with Gasteiger partial charge in [0.25, 0.3) is 0 Å². The number of nitrogens with zero attached hydrogens (tertiary/aromatic N) is 1. The standard InChI is InChI=1S/C15H22BNO4/c1-14(2)15(3,4)21-16(20-14)12-6-5-7-13(17-12)19-10-11-8-9-18-11/h5-7,11H,8-10H2,1-4H3. The van der Waals surface area contributed by atoms with Crippen LogP contribution in [0.25, 0.3) is 0 Å². The van der Waals surface area contributed by atoms with E-state index in [2.05, 4.69) is 4.98 Å². The molecule has 5 nitrogen and oxygen atoms in total. The van der Waals surface area contributed by atoms with Gasteiger partial charge in [0.1, 0.15) is 6.61 Å². The second-order valence-corrected chi connectivity index (χ2v) is 6.58. The Balaban J connectivity index is 1.68. The van der Waals surface area contributed by atoms with E-state index in [0.717, 1.165) is 18.6 Å². The molecule has 21 heavy (non-hydrogen) atoms. The smallest absolute Gasteiger partial charge is 0.475 e. The van der Waals surface area contributed by atoms with E-state index in [0.29, 0.717) is 12.5 Å². The minimum atomic E-state index is -0.460. The first-order chi connectivity index (χ1) is 9.87. The number of hydrogen-bond donors (Lipinski definition) is 0. The molecule has 0 saturated carbocycles. The van der Waals surface area contributed by atoms with E-state index in [4.69, 9.17) is 18.8 Å². The van der Waals surface area contributed by atoms with Crippen LogP contribution in [0.5, 0.6) is 5.88 Å². The zero-order valence-electron chi connectivity index (χ0n) is 13.1. The van der Waals surface area contributed by atoms with Crippen LogP contribution in [0.3, 0.4) is 0 Å². The summed E-state index contributed by atoms with van der Waals surface area (Å²) in [4.78, 5) is 4.49. The van der Waals surface area contributed by atoms with Gasteiger partial charge in [-0.25, -0.2) is 4.98 Å². The van der Waals surface area contributed by atoms with Crippen molar-refractivity contribution >= 4 is 12.7 Å². The Morgan fingerprint density at radius 2 is 1.90 bits per heavy atom. The number of aromatic nitrogens is 1. The van der Waals surface area contributed by atoms with Gasteiger partial charge in [0.2, 0.25) is 5.88 Å². The third kappa shape index (κ3) is 2.93. The minimum absolute atomic E-state index is 0.201. The molecule has 3 rings (SSSR count). The maximum atomic E-state index is 6.00. The molecule has 1 aromatic heterocycles. The maximum Gasteiger partial charge on any atom is 0.514 e. The lowest BCUT2D eigenvalue weighted by molar-refractivity contribution is -0.0726. The van der Waals surface area contributed by atoms with Crippen LogP contribution in [0.2, 0.25) is 0 Å². The molecule has 1 atom stereocenters. The van der Waals surface area contributed by atoms with Crippen molar-refractivity contribution in [3.63, 3.8) is 0 Å². The lowest BCUT2D eigenvalue weighted by Crippen LogP contribution is -2.41. The van der Waals surface area contributed by atoms with Crippen molar-refractivity contribution in [1.82, 2.24) is 4.98 Å². The number of hydrogen-bond acceptors (Lipinski definition) is 5. The van der Waals surface area contributed by atoms with E-state index in [1.54, 1.807) is 0 Å². The molecule has 2 aliphatic rings. The van der Waals surface area contributed by atoms with Crippen LogP contribution in [0.4, 0.5) is 0 Å². The average Bonchev–Trinajstić information content (AvgIpc) is 2.57. The Labute approximate surface area is 126 Å². The van der Waals surface area contributed by atoms with Crippen LogP contribution >= 0.6 is 0 Å². The summed E-state index contributed by atoms with van der Waals surface area (Å²) in [5.74, 6) is 0.581. The van der Waals surface area contributed by atoms with Gasteiger partial charge in [-0.05, 0) is 33.8 Å². The van der Waals surface area contributed by atoms with E-state index in [-0.39, 0.29) is 17.3 Å². The molecule has 0 N–H and O–H groups in total. The quantitative estimate of drug-likeness (QED) is 0.788. The highest BCUT2D eigenvalue weighted by molar-refractivity contribution is 6.61. The molecule has 0 radical (unpaired) electrons. The van der Waals surface area contributed by atoms with Gasteiger partial charge in [-0.2, -0.15) is 0 Å². The predicted molar refractivity (Wildman–Crippen MR) is 79.8 cm³/mol. The summed E-state index contributed by atoms with van der Waals surface area (Å²) >= 11 is 0. The molecule has 2 aliphatic heterocycles. The summed E-state index contributed by atoms with van der Waals surface area (Å²) in [6, 6.07) is 5.65. The summed E-state index contributed by atoms with van der Waals surface area (Å²) in [5, 5.41) is 0. The Kier molecular flexibility index (Phi) is 3.72. The third-order valence-electron chi connectivity index (χ3n) is 4.45. The fraction of sp³-hybridized carbons (Fsp3) is 0.667. The highest BCUT2D eigenvalue weighted by Gasteiger charge is 2.52. The normalized spacial score (nSPS) is 26.5. The molecule has 3 heterocycles. The summed E-state index contributed by atoms with van der Waals surface area (Å²) in [7, 11) is -0.460. The maximum absolute atomic E-state index is 6.00. The first-order valence-electron chi connectivity index (χ1n) is 7.44. The van der Waals surface area contributed by atoms with E-state index < -0.39 is 7.12 Å². The SMILES string of the molecule is CC1(C)OB(c2cccc(OCC3CCO3)n2)OC1(C)C. The average molecular weight is 291 g/mol. The molecule has 1 aromatic rings. The second-order valence-electron chi connectivity index (χ2n) is 6.58. The van der Waals surface area contributed by atoms with Gasteiger partial charge >= 0.3 is 7.12 Å². The Hall–Kier alpha value is -1.11. The van der Waals surface area contributed by atoms with Gasteiger partial charge in [0.15, 0.2) is 0 Å². The minimum Gasteiger partial charge on any atom is -0.475 e. The molecule has 2 fully saturated rings. The fourth-order valence-electron chi connectivity index (χ4n) is 2.20. The number of ether oxygens (including phenoxy) is 2. The van der Waals surface area contributed by atoms with Crippen LogP contribution in [0.15, 0.2) is 18.2 Å². The fourth-order valence-corrected chi connectivity index (χ4v) is 2.20. The summed E-state index contributed by atoms with van der Waals surface area (Å²) in [5.41, 5.74) is 0.00654. The van der Waals surface area contributed by atoms with E-state index in [1.165, 1.54) is 0 Å². The van der Waals surface area contributed by atoms with Crippen molar-refractivity contribution in [2.45, 2.75) is 51.4 Å². The zero-order chi connectivity index (χ0) is 15.1. The highest BCUT2D eigenvalue weighted by Crippen LogP contribution is 2.36. The van der Waals surface area contributed by atoms with Crippen molar-refractivity contribution in [2.24, 2.45) is 0 Å². The molecule has 114 valence electrons. The van der Waals surface area contributed by atoms with Gasteiger partial charge in [0, 0.05) is 19.1 Å². The molecule has 0 spiro atoms. The highest BCUT2D eigenvalue weighted by atomic mass is 16.7. The molecule has 1 unspecified atom stereocenters. The number of pyridine rings is 1. The first kappa shape index (κ1) is 14.8. The third-order valence-corrected chi connectivity index (χ3v) is 4.45. The van der Waals surface area contributed by atoms with Crippen LogP contribution < -0.4 is 10.3 Å². The zero-order valence-corrected chi connectivity index (χ0v) is 13.1. The molecule has 6 heteroatoms. The van der Waals surface area contributed by atoms with E-state index in [1.807, 2.05) is 45.9 Å². The predicted octanol–water partition coefficient (Wildman–Crippen LogP) is 1.55. The van der Waals surface area contributed by atoms with Gasteiger partial charge in [0.05, 0.1) is 22.9 Å². The summed E-state index contributed by atoms with van der Waals surface area (Å²) < 4.78 is 23.0. The van der Waals surface area contributed by atoms with Crippen LogP contribution in [-0.4, -0.2) is 42.6 Å². The Morgan fingerprint density at radius 1 is 1.24 bits per heavy atom. The molecular formula is C15H22BNO4. The molecule has 2 saturated heterocycles. The largest absolute Gasteiger partial charge is 0.514 e. The molecule has 0 aliphatic carbocycles. The van der Waals surface area contributed by atoms with E-state index in [9.17, 15) is 0 Å². The van der Waals surface area contributed by atoms with Gasteiger partial charge in [-0.3, -0.25) is 0 Å². The van der Waals surface area contributed by atoms with Crippen molar-refractivity contribution in [3.05, 3.63) is 18.2 Å². The van der Waals surface area contributed by atoms with Crippen LogP contribution in [0.1, 0.15) is 34.1 Å². The van der Waals surface area contributed by atoms with E-state index >= 15 is 0 Å². The van der Waals surface area contributed by atoms with Crippen molar-refractivity contribution in [3.8, 4) is 5.88 Å². The molecular weight excluding hydrogens is 269 g/mol. The Bertz CT molecular complexity index is 500. The molecule has 0 aromatic carbocycles. The van der Waals surface area contributed by atoms with Gasteiger partial charge < -0.3 is 18.8 Å². The van der Waals surface area contributed by atoms with Gasteiger partial charge in [-0.1, -0.05) is 6.07 Å². The first-order valence-corrected chi connectivity index (χ1v) is 7.44. The topological polar surface area (TPSA) is 49.8 Å². The number of rotatable bonds is 4. The van der Waals surface area contributed by atoms with Crippen molar-refractivity contribution in [1.29, 1.82) is 0 Å². The lowest BCUT2D eigenvalue weighted by Gasteiger charge is -2.32. The lowest BCUT2D eigenvalue weighted by atomic mass is 9.84. The Morgan fingerprint density at radius 3 is 2.48 bits per heavy atom. The molecule has 0 amide bonds. The summed E-state index contributed by atoms with van der Waals surface area (Å²) in [6.07, 6.45) is 1.25. The molecule has 0 bridgehead atoms. The second kappa shape index (κ2) is 5.27. The van der Waals surface area contributed by atoms with Crippen LogP contribution in [0, 0.1) is 0 Å². The van der Waals surface area contributed by atoms with Crippen molar-refractivity contribution in [2.75, 3.05) is 13.2 Å². The van der Waals surface area contributed by atoms with Crippen LogP contribution in [-0.2, 0) is 14.0 Å². The van der Waals surface area contributed by atoms with Crippen molar-refractivity contribution < 1.29 is 18.8 Å². The van der Waals surface area contributed by atoms with Gasteiger partial charge in [-0.15, -0.1) is 0 Å².